The number of rotatable bonds is 3. The molecule has 2 N–H and O–H groups in total. The van der Waals surface area contributed by atoms with Crippen LogP contribution in [-0.4, -0.2) is 27.4 Å². The Labute approximate surface area is 93.1 Å². The standard InChI is InChI=1S/C11H13N3O2/c1-7-3-4-9(16-2)8(5-7)10(15)11-12-6-13-14-11/h3-6,10,15H,1-2H3,(H,12,13,14). The van der Waals surface area contributed by atoms with E-state index >= 15 is 0 Å². The molecule has 5 heteroatoms. The van der Waals surface area contributed by atoms with Crippen LogP contribution in [0.3, 0.4) is 0 Å². The minimum absolute atomic E-state index is 0.406. The van der Waals surface area contributed by atoms with E-state index in [-0.39, 0.29) is 0 Å². The Morgan fingerprint density at radius 1 is 1.44 bits per heavy atom. The molecule has 0 spiro atoms. The summed E-state index contributed by atoms with van der Waals surface area (Å²) in [5, 5.41) is 16.5. The van der Waals surface area contributed by atoms with E-state index in [0.29, 0.717) is 17.1 Å². The smallest absolute Gasteiger partial charge is 0.157 e. The van der Waals surface area contributed by atoms with Gasteiger partial charge in [-0.3, -0.25) is 5.10 Å². The molecule has 1 aromatic carbocycles. The molecule has 5 nitrogen and oxygen atoms in total. The van der Waals surface area contributed by atoms with Crippen molar-refractivity contribution in [3.05, 3.63) is 41.5 Å². The number of methoxy groups -OCH3 is 1. The molecule has 1 aromatic heterocycles. The van der Waals surface area contributed by atoms with Gasteiger partial charge in [-0.05, 0) is 19.1 Å². The summed E-state index contributed by atoms with van der Waals surface area (Å²) < 4.78 is 5.20. The van der Waals surface area contributed by atoms with Crippen LogP contribution in [0.2, 0.25) is 0 Å². The zero-order chi connectivity index (χ0) is 11.5. The normalized spacial score (nSPS) is 12.4. The van der Waals surface area contributed by atoms with Gasteiger partial charge < -0.3 is 9.84 Å². The number of aryl methyl sites for hydroxylation is 1. The summed E-state index contributed by atoms with van der Waals surface area (Å²) in [6, 6.07) is 5.62. The van der Waals surface area contributed by atoms with E-state index < -0.39 is 6.10 Å². The first kappa shape index (κ1) is 10.6. The molecule has 84 valence electrons. The minimum Gasteiger partial charge on any atom is -0.496 e. The van der Waals surface area contributed by atoms with Gasteiger partial charge in [0.1, 0.15) is 18.2 Å². The van der Waals surface area contributed by atoms with E-state index in [9.17, 15) is 5.11 Å². The lowest BCUT2D eigenvalue weighted by molar-refractivity contribution is 0.205. The Bertz CT molecular complexity index is 468. The maximum absolute atomic E-state index is 10.1. The van der Waals surface area contributed by atoms with Crippen molar-refractivity contribution in [2.24, 2.45) is 0 Å². The van der Waals surface area contributed by atoms with Gasteiger partial charge in [0.15, 0.2) is 5.82 Å². The van der Waals surface area contributed by atoms with E-state index in [2.05, 4.69) is 15.2 Å². The number of aromatic nitrogens is 3. The summed E-state index contributed by atoms with van der Waals surface area (Å²) >= 11 is 0. The Kier molecular flexibility index (Phi) is 2.87. The van der Waals surface area contributed by atoms with Gasteiger partial charge in [0, 0.05) is 5.56 Å². The second kappa shape index (κ2) is 4.32. The summed E-state index contributed by atoms with van der Waals surface area (Å²) in [6.45, 7) is 1.95. The van der Waals surface area contributed by atoms with Crippen LogP contribution in [0, 0.1) is 6.92 Å². The topological polar surface area (TPSA) is 71.0 Å². The second-order valence-corrected chi connectivity index (χ2v) is 3.52. The third-order valence-electron chi connectivity index (χ3n) is 2.37. The number of aliphatic hydroxyl groups is 1. The predicted octanol–water partition coefficient (Wildman–Crippen LogP) is 1.20. The van der Waals surface area contributed by atoms with Crippen LogP contribution in [0.5, 0.6) is 5.75 Å². The molecule has 1 unspecified atom stereocenters. The van der Waals surface area contributed by atoms with Crippen LogP contribution in [0.1, 0.15) is 23.1 Å². The van der Waals surface area contributed by atoms with Crippen molar-refractivity contribution in [1.29, 1.82) is 0 Å². The molecule has 0 amide bonds. The average Bonchev–Trinajstić information content (AvgIpc) is 2.81. The van der Waals surface area contributed by atoms with Crippen molar-refractivity contribution in [3.8, 4) is 5.75 Å². The minimum atomic E-state index is -0.850. The van der Waals surface area contributed by atoms with Crippen molar-refractivity contribution in [3.63, 3.8) is 0 Å². The number of nitrogens with zero attached hydrogens (tertiary/aromatic N) is 2. The van der Waals surface area contributed by atoms with Gasteiger partial charge in [0.05, 0.1) is 7.11 Å². The highest BCUT2D eigenvalue weighted by atomic mass is 16.5. The molecule has 16 heavy (non-hydrogen) atoms. The van der Waals surface area contributed by atoms with E-state index in [1.54, 1.807) is 7.11 Å². The number of nitrogens with one attached hydrogen (secondary N) is 1. The van der Waals surface area contributed by atoms with Crippen LogP contribution < -0.4 is 4.74 Å². The lowest BCUT2D eigenvalue weighted by Crippen LogP contribution is -2.04. The molecule has 0 saturated heterocycles. The van der Waals surface area contributed by atoms with Crippen LogP contribution in [0.15, 0.2) is 24.5 Å². The number of aromatic amines is 1. The molecule has 0 radical (unpaired) electrons. The maximum atomic E-state index is 10.1. The Morgan fingerprint density at radius 2 is 2.25 bits per heavy atom. The van der Waals surface area contributed by atoms with Crippen molar-refractivity contribution < 1.29 is 9.84 Å². The molecule has 0 saturated carbocycles. The Balaban J connectivity index is 2.42. The monoisotopic (exact) mass is 219 g/mol. The molecular weight excluding hydrogens is 206 g/mol. The number of benzene rings is 1. The third kappa shape index (κ3) is 1.90. The molecule has 1 atom stereocenters. The zero-order valence-electron chi connectivity index (χ0n) is 9.14. The number of hydrogen-bond acceptors (Lipinski definition) is 4. The summed E-state index contributed by atoms with van der Waals surface area (Å²) in [7, 11) is 1.57. The summed E-state index contributed by atoms with van der Waals surface area (Å²) in [5.41, 5.74) is 1.73. The first-order valence-electron chi connectivity index (χ1n) is 4.90. The van der Waals surface area contributed by atoms with Gasteiger partial charge >= 0.3 is 0 Å². The molecule has 0 aliphatic rings. The van der Waals surface area contributed by atoms with Gasteiger partial charge in [-0.2, -0.15) is 5.10 Å². The molecule has 2 aromatic rings. The van der Waals surface area contributed by atoms with E-state index in [4.69, 9.17) is 4.74 Å². The largest absolute Gasteiger partial charge is 0.496 e. The van der Waals surface area contributed by atoms with E-state index in [1.807, 2.05) is 25.1 Å². The van der Waals surface area contributed by atoms with Gasteiger partial charge in [-0.25, -0.2) is 4.98 Å². The Morgan fingerprint density at radius 3 is 2.88 bits per heavy atom. The molecular formula is C11H13N3O2. The van der Waals surface area contributed by atoms with Crippen molar-refractivity contribution >= 4 is 0 Å². The first-order valence-corrected chi connectivity index (χ1v) is 4.90. The van der Waals surface area contributed by atoms with Gasteiger partial charge in [0.2, 0.25) is 0 Å². The van der Waals surface area contributed by atoms with Crippen LogP contribution in [0.25, 0.3) is 0 Å². The quantitative estimate of drug-likeness (QED) is 0.813. The van der Waals surface area contributed by atoms with Crippen molar-refractivity contribution in [1.82, 2.24) is 15.2 Å². The number of H-pyrrole nitrogens is 1. The third-order valence-corrected chi connectivity index (χ3v) is 2.37. The van der Waals surface area contributed by atoms with Crippen LogP contribution >= 0.6 is 0 Å². The Hall–Kier alpha value is -1.88. The average molecular weight is 219 g/mol. The predicted molar refractivity (Wildman–Crippen MR) is 58.2 cm³/mol. The number of aliphatic hydroxyl groups excluding tert-OH is 1. The fraction of sp³-hybridized carbons (Fsp3) is 0.273. The lowest BCUT2D eigenvalue weighted by atomic mass is 10.0. The van der Waals surface area contributed by atoms with Gasteiger partial charge in [0.25, 0.3) is 0 Å². The number of hydrogen-bond donors (Lipinski definition) is 2. The van der Waals surface area contributed by atoms with Crippen LogP contribution in [-0.2, 0) is 0 Å². The highest BCUT2D eigenvalue weighted by molar-refractivity contribution is 5.40. The summed E-state index contributed by atoms with van der Waals surface area (Å²) in [6.07, 6.45) is 0.512. The molecule has 0 bridgehead atoms. The zero-order valence-corrected chi connectivity index (χ0v) is 9.14. The van der Waals surface area contributed by atoms with E-state index in [1.165, 1.54) is 6.33 Å². The highest BCUT2D eigenvalue weighted by Gasteiger charge is 2.17. The molecule has 2 rings (SSSR count). The summed E-state index contributed by atoms with van der Waals surface area (Å²) in [4.78, 5) is 3.93. The first-order chi connectivity index (χ1) is 7.72. The number of ether oxygens (including phenoxy) is 1. The maximum Gasteiger partial charge on any atom is 0.157 e. The van der Waals surface area contributed by atoms with Gasteiger partial charge in [-0.15, -0.1) is 0 Å². The molecule has 0 aliphatic carbocycles. The second-order valence-electron chi connectivity index (χ2n) is 3.52. The SMILES string of the molecule is COc1ccc(C)cc1C(O)c1ncn[nH]1. The lowest BCUT2D eigenvalue weighted by Gasteiger charge is -2.13. The molecule has 0 fully saturated rings. The highest BCUT2D eigenvalue weighted by Crippen LogP contribution is 2.28. The van der Waals surface area contributed by atoms with Crippen LogP contribution in [0.4, 0.5) is 0 Å². The van der Waals surface area contributed by atoms with E-state index in [0.717, 1.165) is 5.56 Å². The molecule has 0 aliphatic heterocycles. The fourth-order valence-electron chi connectivity index (χ4n) is 1.56. The van der Waals surface area contributed by atoms with Crippen molar-refractivity contribution in [2.75, 3.05) is 7.11 Å². The fourth-order valence-corrected chi connectivity index (χ4v) is 1.56. The van der Waals surface area contributed by atoms with Crippen molar-refractivity contribution in [2.45, 2.75) is 13.0 Å². The summed E-state index contributed by atoms with van der Waals surface area (Å²) in [5.74, 6) is 1.04. The molecule has 1 heterocycles. The van der Waals surface area contributed by atoms with Gasteiger partial charge in [-0.1, -0.05) is 11.6 Å².